The second-order valence-corrected chi connectivity index (χ2v) is 11.2. The largest absolute Gasteiger partial charge is 0.354 e. The molecule has 7 nitrogen and oxygen atoms in total. The van der Waals surface area contributed by atoms with Crippen LogP contribution < -0.4 is 5.32 Å². The lowest BCUT2D eigenvalue weighted by molar-refractivity contribution is -0.140. The molecule has 0 saturated carbocycles. The molecule has 0 fully saturated rings. The number of carbonyl (C=O) groups is 2. The van der Waals surface area contributed by atoms with Crippen LogP contribution in [0, 0.1) is 0 Å². The lowest BCUT2D eigenvalue weighted by Crippen LogP contribution is -2.50. The topological polar surface area (TPSA) is 86.8 Å². The third kappa shape index (κ3) is 6.84. The maximum atomic E-state index is 13.4. The minimum Gasteiger partial charge on any atom is -0.354 e. The fourth-order valence-corrected chi connectivity index (χ4v) is 5.06. The number of halogens is 1. The lowest BCUT2D eigenvalue weighted by Gasteiger charge is -2.30. The molecule has 3 aromatic rings. The van der Waals surface area contributed by atoms with E-state index in [2.05, 4.69) is 5.32 Å². The zero-order valence-corrected chi connectivity index (χ0v) is 22.3. The summed E-state index contributed by atoms with van der Waals surface area (Å²) < 4.78 is 27.6. The summed E-state index contributed by atoms with van der Waals surface area (Å²) in [6, 6.07) is 18.5. The van der Waals surface area contributed by atoms with Crippen molar-refractivity contribution in [1.29, 1.82) is 0 Å². The first-order chi connectivity index (χ1) is 17.1. The maximum absolute atomic E-state index is 13.4. The number of hydrogen-bond donors (Lipinski definition) is 1. The third-order valence-corrected chi connectivity index (χ3v) is 8.10. The van der Waals surface area contributed by atoms with Gasteiger partial charge in [0.25, 0.3) is 0 Å². The minimum absolute atomic E-state index is 0.103. The first-order valence-corrected chi connectivity index (χ1v) is 13.7. The van der Waals surface area contributed by atoms with Gasteiger partial charge in [-0.3, -0.25) is 9.59 Å². The molecule has 0 aliphatic rings. The van der Waals surface area contributed by atoms with E-state index >= 15 is 0 Å². The van der Waals surface area contributed by atoms with Crippen LogP contribution in [-0.4, -0.2) is 55.6 Å². The summed E-state index contributed by atoms with van der Waals surface area (Å²) >= 11 is 5.99. The molecule has 192 valence electrons. The average Bonchev–Trinajstić information content (AvgIpc) is 2.87. The SMILES string of the molecule is CCCCNC(=O)[C@H](C)N(Cc1ccc(Cl)cc1)C(=O)CN(C)S(=O)(=O)c1ccc2ccccc2c1. The standard InChI is InChI=1S/C27H32ClN3O4S/c1-4-5-16-29-27(33)20(2)31(18-21-10-13-24(28)14-11-21)26(32)19-30(3)36(34,35)25-15-12-22-8-6-7-9-23(22)17-25/h6-15,17,20H,4-5,16,18-19H2,1-3H3,(H,29,33)/t20-/m0/s1. The van der Waals surface area contributed by atoms with E-state index in [0.29, 0.717) is 11.6 Å². The zero-order chi connectivity index (χ0) is 26.3. The summed E-state index contributed by atoms with van der Waals surface area (Å²) in [4.78, 5) is 27.7. The van der Waals surface area contributed by atoms with Crippen LogP contribution in [0.15, 0.2) is 71.6 Å². The number of sulfonamides is 1. The highest BCUT2D eigenvalue weighted by atomic mass is 35.5. The molecule has 0 unspecified atom stereocenters. The van der Waals surface area contributed by atoms with Gasteiger partial charge in [-0.1, -0.05) is 67.4 Å². The Labute approximate surface area is 218 Å². The van der Waals surface area contributed by atoms with Crippen molar-refractivity contribution in [2.24, 2.45) is 0 Å². The van der Waals surface area contributed by atoms with E-state index < -0.39 is 28.5 Å². The van der Waals surface area contributed by atoms with E-state index in [1.165, 1.54) is 18.0 Å². The van der Waals surface area contributed by atoms with Crippen LogP contribution >= 0.6 is 11.6 Å². The number of hydrogen-bond acceptors (Lipinski definition) is 4. The summed E-state index contributed by atoms with van der Waals surface area (Å²) in [6.07, 6.45) is 1.76. The van der Waals surface area contributed by atoms with Gasteiger partial charge in [-0.25, -0.2) is 8.42 Å². The smallest absolute Gasteiger partial charge is 0.243 e. The summed E-state index contributed by atoms with van der Waals surface area (Å²) in [5.74, 6) is -0.763. The van der Waals surface area contributed by atoms with Crippen LogP contribution in [0.3, 0.4) is 0 Å². The molecule has 0 spiro atoms. The Bertz CT molecular complexity index is 1310. The Kier molecular flexibility index (Phi) is 9.48. The predicted octanol–water partition coefficient (Wildman–Crippen LogP) is 4.45. The number of amides is 2. The van der Waals surface area contributed by atoms with E-state index in [1.807, 2.05) is 31.2 Å². The summed E-state index contributed by atoms with van der Waals surface area (Å²) in [7, 11) is -2.56. The van der Waals surface area contributed by atoms with Crippen LogP contribution in [0.5, 0.6) is 0 Å². The predicted molar refractivity (Wildman–Crippen MR) is 143 cm³/mol. The average molecular weight is 530 g/mol. The first kappa shape index (κ1) is 27.6. The molecule has 3 aromatic carbocycles. The van der Waals surface area contributed by atoms with Gasteiger partial charge in [0.15, 0.2) is 0 Å². The molecule has 36 heavy (non-hydrogen) atoms. The Hall–Kier alpha value is -2.94. The van der Waals surface area contributed by atoms with Crippen LogP contribution in [0.4, 0.5) is 0 Å². The van der Waals surface area contributed by atoms with Crippen molar-refractivity contribution in [1.82, 2.24) is 14.5 Å². The van der Waals surface area contributed by atoms with Gasteiger partial charge in [0.1, 0.15) is 6.04 Å². The second-order valence-electron chi connectivity index (χ2n) is 8.74. The molecular weight excluding hydrogens is 498 g/mol. The van der Waals surface area contributed by atoms with Gasteiger partial charge < -0.3 is 10.2 Å². The molecule has 0 radical (unpaired) electrons. The highest BCUT2D eigenvalue weighted by molar-refractivity contribution is 7.89. The first-order valence-electron chi connectivity index (χ1n) is 11.9. The van der Waals surface area contributed by atoms with E-state index in [9.17, 15) is 18.0 Å². The van der Waals surface area contributed by atoms with Crippen molar-refractivity contribution < 1.29 is 18.0 Å². The Balaban J connectivity index is 1.81. The number of unbranched alkanes of at least 4 members (excludes halogenated alkanes) is 1. The molecule has 1 atom stereocenters. The van der Waals surface area contributed by atoms with Gasteiger partial charge in [-0.05, 0) is 53.9 Å². The molecule has 2 amide bonds. The van der Waals surface area contributed by atoms with E-state index in [4.69, 9.17) is 11.6 Å². The molecule has 0 saturated heterocycles. The van der Waals surface area contributed by atoms with Crippen LogP contribution in [0.2, 0.25) is 5.02 Å². The second kappa shape index (κ2) is 12.3. The number of likely N-dealkylation sites (N-methyl/N-ethyl adjacent to an activating group) is 1. The molecule has 0 bridgehead atoms. The van der Waals surface area contributed by atoms with Crippen molar-refractivity contribution in [3.63, 3.8) is 0 Å². The fourth-order valence-electron chi connectivity index (χ4n) is 3.78. The number of nitrogens with zero attached hydrogens (tertiary/aromatic N) is 2. The van der Waals surface area contributed by atoms with Crippen LogP contribution in [0.25, 0.3) is 10.8 Å². The van der Waals surface area contributed by atoms with Crippen molar-refractivity contribution in [2.75, 3.05) is 20.1 Å². The van der Waals surface area contributed by atoms with Crippen molar-refractivity contribution in [3.8, 4) is 0 Å². The van der Waals surface area contributed by atoms with Gasteiger partial charge in [0.2, 0.25) is 21.8 Å². The van der Waals surface area contributed by atoms with E-state index in [0.717, 1.165) is 33.5 Å². The number of carbonyl (C=O) groups excluding carboxylic acids is 2. The Morgan fingerprint density at radius 2 is 1.67 bits per heavy atom. The highest BCUT2D eigenvalue weighted by Crippen LogP contribution is 2.22. The number of benzene rings is 3. The van der Waals surface area contributed by atoms with Gasteiger partial charge >= 0.3 is 0 Å². The van der Waals surface area contributed by atoms with Crippen molar-refractivity contribution in [3.05, 3.63) is 77.3 Å². The summed E-state index contributed by atoms with van der Waals surface area (Å²) in [6.45, 7) is 3.92. The maximum Gasteiger partial charge on any atom is 0.243 e. The minimum atomic E-state index is -3.93. The van der Waals surface area contributed by atoms with E-state index in [-0.39, 0.29) is 17.3 Å². The fraction of sp³-hybridized carbons (Fsp3) is 0.333. The van der Waals surface area contributed by atoms with Crippen molar-refractivity contribution >= 4 is 44.2 Å². The molecular formula is C27H32ClN3O4S. The molecule has 0 aliphatic heterocycles. The Morgan fingerprint density at radius 3 is 2.33 bits per heavy atom. The zero-order valence-electron chi connectivity index (χ0n) is 20.8. The molecule has 1 N–H and O–H groups in total. The summed E-state index contributed by atoms with van der Waals surface area (Å²) in [5, 5.41) is 5.13. The number of fused-ring (bicyclic) bond motifs is 1. The van der Waals surface area contributed by atoms with Crippen LogP contribution in [-0.2, 0) is 26.2 Å². The highest BCUT2D eigenvalue weighted by Gasteiger charge is 2.30. The summed E-state index contributed by atoms with van der Waals surface area (Å²) in [5.41, 5.74) is 0.779. The Morgan fingerprint density at radius 1 is 1.00 bits per heavy atom. The molecule has 0 aliphatic carbocycles. The lowest BCUT2D eigenvalue weighted by atomic mass is 10.1. The monoisotopic (exact) mass is 529 g/mol. The van der Waals surface area contributed by atoms with E-state index in [1.54, 1.807) is 43.3 Å². The van der Waals surface area contributed by atoms with Gasteiger partial charge in [-0.15, -0.1) is 0 Å². The van der Waals surface area contributed by atoms with Gasteiger partial charge in [0.05, 0.1) is 11.4 Å². The molecule has 0 aromatic heterocycles. The molecule has 9 heteroatoms. The quantitative estimate of drug-likeness (QED) is 0.372. The molecule has 0 heterocycles. The number of rotatable bonds is 11. The van der Waals surface area contributed by atoms with Gasteiger partial charge in [0, 0.05) is 25.2 Å². The third-order valence-electron chi connectivity index (χ3n) is 6.05. The molecule has 3 rings (SSSR count). The normalized spacial score (nSPS) is 12.5. The van der Waals surface area contributed by atoms with Crippen LogP contribution in [0.1, 0.15) is 32.3 Å². The number of nitrogens with one attached hydrogen (secondary N) is 1. The van der Waals surface area contributed by atoms with Gasteiger partial charge in [-0.2, -0.15) is 4.31 Å². The van der Waals surface area contributed by atoms with Crippen molar-refractivity contribution in [2.45, 2.75) is 44.2 Å².